The number of fused-ring (bicyclic) bond motifs is 1. The minimum atomic E-state index is -1.82. The fraction of sp³-hybridized carbons (Fsp3) is 0.596. The second-order valence-electron chi connectivity index (χ2n) is 18.5. The number of nitrogens with one attached hydrogen (secondary N) is 9. The molecule has 0 bridgehead atoms. The van der Waals surface area contributed by atoms with E-state index in [1.165, 1.54) is 6.92 Å². The van der Waals surface area contributed by atoms with Gasteiger partial charge in [0.1, 0.15) is 48.3 Å². The summed E-state index contributed by atoms with van der Waals surface area (Å²) in [6.45, 7) is 4.17. The van der Waals surface area contributed by atoms with Crippen LogP contribution in [-0.2, 0) is 54.4 Å². The molecule has 8 amide bonds. The number of carbonyl (C=O) groups excluding carboxylic acids is 8. The molecule has 0 aliphatic rings. The summed E-state index contributed by atoms with van der Waals surface area (Å²) in [5, 5.41) is 69.1. The number of benzene rings is 1. The van der Waals surface area contributed by atoms with Crippen LogP contribution in [0.3, 0.4) is 0 Å². The number of aliphatic hydroxyl groups excluding tert-OH is 3. The molecular weight excluding hydrogens is 1000 g/mol. The molecule has 0 saturated heterocycles. The Hall–Kier alpha value is -7.47. The van der Waals surface area contributed by atoms with E-state index < -0.39 is 146 Å². The van der Waals surface area contributed by atoms with Crippen molar-refractivity contribution in [3.05, 3.63) is 36.0 Å². The number of hydrogen-bond donors (Lipinski definition) is 18. The maximum Gasteiger partial charge on any atom is 0.328 e. The zero-order valence-electron chi connectivity index (χ0n) is 43.0. The van der Waals surface area contributed by atoms with Crippen LogP contribution in [-0.4, -0.2) is 182 Å². The fourth-order valence-corrected chi connectivity index (χ4v) is 7.49. The molecule has 2 rings (SSSR count). The number of aliphatic carboxylic acids is 2. The third-order valence-electron chi connectivity index (χ3n) is 11.7. The summed E-state index contributed by atoms with van der Waals surface area (Å²) in [6, 6.07) is -6.84. The van der Waals surface area contributed by atoms with Gasteiger partial charge in [-0.1, -0.05) is 32.0 Å². The minimum absolute atomic E-state index is 0.0432. The lowest BCUT2D eigenvalue weighted by molar-refractivity contribution is -0.143. The first-order valence-electron chi connectivity index (χ1n) is 24.7. The number of carboxylic acids is 2. The largest absolute Gasteiger partial charge is 0.481 e. The summed E-state index contributed by atoms with van der Waals surface area (Å²) < 4.78 is 0. The number of guanidine groups is 1. The van der Waals surface area contributed by atoms with E-state index in [-0.39, 0.29) is 57.1 Å². The van der Waals surface area contributed by atoms with Crippen LogP contribution in [0.4, 0.5) is 0 Å². The second-order valence-corrected chi connectivity index (χ2v) is 18.5. The summed E-state index contributed by atoms with van der Waals surface area (Å²) >= 11 is 0. The molecule has 76 heavy (non-hydrogen) atoms. The van der Waals surface area contributed by atoms with Crippen molar-refractivity contribution in [1.82, 2.24) is 47.5 Å². The molecule has 1 aromatic heterocycles. The lowest BCUT2D eigenvalue weighted by Crippen LogP contribution is -2.61. The first kappa shape index (κ1) is 64.6. The Morgan fingerprint density at radius 3 is 1.67 bits per heavy atom. The van der Waals surface area contributed by atoms with Crippen LogP contribution >= 0.6 is 0 Å². The second kappa shape index (κ2) is 32.8. The van der Waals surface area contributed by atoms with Crippen molar-refractivity contribution in [1.29, 1.82) is 0 Å². The molecule has 1 heterocycles. The van der Waals surface area contributed by atoms with Crippen LogP contribution < -0.4 is 65.5 Å². The molecule has 0 saturated carbocycles. The summed E-state index contributed by atoms with van der Waals surface area (Å²) in [5.74, 6) is -11.2. The smallest absolute Gasteiger partial charge is 0.328 e. The van der Waals surface area contributed by atoms with Gasteiger partial charge in [0.2, 0.25) is 47.3 Å². The maximum atomic E-state index is 14.1. The number of aliphatic hydroxyl groups is 3. The number of carboxylic acid groups (broad SMARTS) is 2. The lowest BCUT2D eigenvalue weighted by Gasteiger charge is -2.28. The molecule has 0 spiro atoms. The molecule has 2 aromatic rings. The average molecular weight is 1080 g/mol. The highest BCUT2D eigenvalue weighted by Gasteiger charge is 2.36. The van der Waals surface area contributed by atoms with Gasteiger partial charge in [-0.2, -0.15) is 0 Å². The average Bonchev–Trinajstić information content (AvgIpc) is 3.76. The van der Waals surface area contributed by atoms with Crippen molar-refractivity contribution in [2.75, 3.05) is 26.3 Å². The summed E-state index contributed by atoms with van der Waals surface area (Å²) in [7, 11) is 0. The van der Waals surface area contributed by atoms with Crippen molar-refractivity contribution < 1.29 is 73.5 Å². The van der Waals surface area contributed by atoms with Crippen molar-refractivity contribution in [3.8, 4) is 0 Å². The van der Waals surface area contributed by atoms with E-state index in [0.29, 0.717) is 29.3 Å². The third kappa shape index (κ3) is 22.2. The molecule has 29 heteroatoms. The highest BCUT2D eigenvalue weighted by atomic mass is 16.4. The van der Waals surface area contributed by atoms with Crippen molar-refractivity contribution in [2.24, 2.45) is 33.8 Å². The van der Waals surface area contributed by atoms with E-state index in [0.717, 1.165) is 6.92 Å². The number of hydrogen-bond acceptors (Lipinski definition) is 16. The fourth-order valence-electron chi connectivity index (χ4n) is 7.49. The Bertz CT molecular complexity index is 2330. The van der Waals surface area contributed by atoms with Crippen LogP contribution in [0.2, 0.25) is 0 Å². The molecule has 22 N–H and O–H groups in total. The lowest BCUT2D eigenvalue weighted by atomic mass is 10.0. The van der Waals surface area contributed by atoms with E-state index >= 15 is 0 Å². The van der Waals surface area contributed by atoms with Gasteiger partial charge in [0.05, 0.1) is 25.4 Å². The zero-order valence-corrected chi connectivity index (χ0v) is 43.0. The molecule has 424 valence electrons. The number of amides is 8. The predicted molar refractivity (Wildman–Crippen MR) is 274 cm³/mol. The molecule has 0 unspecified atom stereocenters. The topological polar surface area (TPSA) is 500 Å². The normalized spacial score (nSPS) is 15.1. The van der Waals surface area contributed by atoms with Crippen LogP contribution in [0.5, 0.6) is 0 Å². The molecule has 0 aliphatic heterocycles. The summed E-state index contributed by atoms with van der Waals surface area (Å²) in [5.41, 5.74) is 23.7. The molecule has 10 atom stereocenters. The van der Waals surface area contributed by atoms with E-state index in [2.05, 4.69) is 52.5 Å². The zero-order chi connectivity index (χ0) is 57.2. The van der Waals surface area contributed by atoms with E-state index in [1.54, 1.807) is 30.5 Å². The number of aliphatic imine (C=N–C) groups is 1. The van der Waals surface area contributed by atoms with Crippen molar-refractivity contribution >= 4 is 76.1 Å². The maximum absolute atomic E-state index is 14.1. The van der Waals surface area contributed by atoms with Gasteiger partial charge >= 0.3 is 11.9 Å². The summed E-state index contributed by atoms with van der Waals surface area (Å²) in [4.78, 5) is 139. The predicted octanol–water partition coefficient (Wildman–Crippen LogP) is -5.52. The quantitative estimate of drug-likeness (QED) is 0.0174. The van der Waals surface area contributed by atoms with Gasteiger partial charge in [-0.3, -0.25) is 48.1 Å². The number of unbranched alkanes of at least 4 members (excludes halogenated alkanes) is 1. The number of rotatable bonds is 35. The van der Waals surface area contributed by atoms with Gasteiger partial charge in [-0.05, 0) is 82.9 Å². The molecule has 1 aromatic carbocycles. The minimum Gasteiger partial charge on any atom is -0.481 e. The van der Waals surface area contributed by atoms with Gasteiger partial charge in [0.25, 0.3) is 0 Å². The molecule has 0 aliphatic carbocycles. The first-order chi connectivity index (χ1) is 35.8. The molecule has 0 fully saturated rings. The third-order valence-corrected chi connectivity index (χ3v) is 11.7. The number of H-pyrrole nitrogens is 1. The Balaban J connectivity index is 2.40. The monoisotopic (exact) mass is 1080 g/mol. The number of aromatic amines is 1. The van der Waals surface area contributed by atoms with E-state index in [4.69, 9.17) is 22.9 Å². The first-order valence-corrected chi connectivity index (χ1v) is 24.7. The number of nitrogens with zero attached hydrogens (tertiary/aromatic N) is 1. The van der Waals surface area contributed by atoms with E-state index in [9.17, 15) is 73.5 Å². The highest BCUT2D eigenvalue weighted by Crippen LogP contribution is 2.20. The molecule has 29 nitrogen and oxygen atoms in total. The Morgan fingerprint density at radius 2 is 1.13 bits per heavy atom. The van der Waals surface area contributed by atoms with Crippen molar-refractivity contribution in [2.45, 2.75) is 146 Å². The van der Waals surface area contributed by atoms with Crippen LogP contribution in [0, 0.1) is 5.92 Å². The Morgan fingerprint density at radius 1 is 0.618 bits per heavy atom. The number of nitrogens with two attached hydrogens (primary N) is 4. The van der Waals surface area contributed by atoms with Crippen LogP contribution in [0.15, 0.2) is 35.5 Å². The SMILES string of the molecule is CC(C)C[C@H](N)C(=O)N[C@@H](C)C(=O)N[C@H](C(=O)N[C@@H](CCC(=O)O)C(=O)N[C@@H](CCCCN)C(=O)N[C@@H](CO)C(=O)N[C@@H](CCCN=C(N)N)C(=O)N[C@@H](Cc1c[nH]c2ccccc12)C(=O)N[C@@H](CO)C(=O)O)[C@@H](C)O. The Labute approximate surface area is 438 Å². The number of para-hydroxylation sites is 1. The van der Waals surface area contributed by atoms with Gasteiger partial charge < -0.3 is 96.0 Å². The van der Waals surface area contributed by atoms with Crippen LogP contribution in [0.25, 0.3) is 10.9 Å². The van der Waals surface area contributed by atoms with Crippen molar-refractivity contribution in [3.63, 3.8) is 0 Å². The number of carbonyl (C=O) groups is 10. The van der Waals surface area contributed by atoms with E-state index in [1.807, 2.05) is 13.8 Å². The molecule has 0 radical (unpaired) electrons. The Kier molecular flexibility index (Phi) is 27.9. The summed E-state index contributed by atoms with van der Waals surface area (Å²) in [6.07, 6.45) is -0.986. The molecular formula is C47H76N14O15. The van der Waals surface area contributed by atoms with Gasteiger partial charge in [-0.15, -0.1) is 0 Å². The highest BCUT2D eigenvalue weighted by molar-refractivity contribution is 5.98. The van der Waals surface area contributed by atoms with Crippen LogP contribution in [0.1, 0.15) is 84.6 Å². The van der Waals surface area contributed by atoms with Gasteiger partial charge in [-0.25, -0.2) is 4.79 Å². The van der Waals surface area contributed by atoms with Gasteiger partial charge in [0, 0.05) is 36.5 Å². The standard InChI is InChI=1S/C47H76N14O15/c1-23(2)18-28(49)39(68)54-24(3)38(67)61-37(25(4)64)45(74)57-32(14-15-36(65)66)42(71)55-30(12-7-8-16-48)41(70)59-34(21-62)44(73)56-31(13-9-17-52-47(50)51)40(69)58-33(43(72)60-35(22-63)46(75)76)19-26-20-53-29-11-6-5-10-27(26)29/h5-6,10-11,20,23-25,28,30-35,37,53,62-64H,7-9,12-19,21-22,48-49H2,1-4H3,(H,54,68)(H,55,71)(H,56,73)(H,57,74)(H,58,69)(H,59,70)(H,60,72)(H,61,67)(H,65,66)(H,75,76)(H4,50,51,52)/t24-,25+,28-,30-,31-,32-,33-,34-,35-,37-/m0/s1. The van der Waals surface area contributed by atoms with Gasteiger partial charge in [0.15, 0.2) is 5.96 Å². The number of aromatic nitrogens is 1.